The lowest BCUT2D eigenvalue weighted by molar-refractivity contribution is -0.123. The Balaban J connectivity index is 1.88. The lowest BCUT2D eigenvalue weighted by atomic mass is 9.95. The molecule has 1 aliphatic carbocycles. The van der Waals surface area contributed by atoms with Crippen LogP contribution in [0.25, 0.3) is 0 Å². The summed E-state index contributed by atoms with van der Waals surface area (Å²) in [5.74, 6) is -0.273. The van der Waals surface area contributed by atoms with Crippen LogP contribution in [0.15, 0.2) is 35.9 Å². The summed E-state index contributed by atoms with van der Waals surface area (Å²) >= 11 is 0. The zero-order valence-electron chi connectivity index (χ0n) is 11.2. The average molecular weight is 257 g/mol. The second-order valence-electron chi connectivity index (χ2n) is 4.99. The molecule has 0 aliphatic heterocycles. The molecule has 1 amide bonds. The number of allylic oxidation sites excluding steroid dienone is 2. The molecule has 0 bridgehead atoms. The fraction of sp³-hybridized carbons (Fsp3) is 0.375. The highest BCUT2D eigenvalue weighted by atomic mass is 16.2. The number of anilines is 1. The molecule has 19 heavy (non-hydrogen) atoms. The van der Waals surface area contributed by atoms with E-state index >= 15 is 0 Å². The Labute approximate surface area is 113 Å². The first-order chi connectivity index (χ1) is 9.15. The molecule has 0 spiro atoms. The highest BCUT2D eigenvalue weighted by molar-refractivity contribution is 6.10. The van der Waals surface area contributed by atoms with Gasteiger partial charge in [0.1, 0.15) is 0 Å². The van der Waals surface area contributed by atoms with Gasteiger partial charge in [-0.25, -0.2) is 0 Å². The number of carbonyl (C=O) groups excluding carboxylic acids is 2. The van der Waals surface area contributed by atoms with Crippen LogP contribution in [-0.2, 0) is 9.59 Å². The molecule has 1 aliphatic rings. The normalized spacial score (nSPS) is 14.7. The van der Waals surface area contributed by atoms with E-state index in [1.165, 1.54) is 0 Å². The van der Waals surface area contributed by atoms with E-state index in [1.807, 2.05) is 37.3 Å². The summed E-state index contributed by atoms with van der Waals surface area (Å²) in [7, 11) is 0. The number of hydrogen-bond acceptors (Lipinski definition) is 2. The Morgan fingerprint density at radius 3 is 2.53 bits per heavy atom. The minimum Gasteiger partial charge on any atom is -0.326 e. The third-order valence-electron chi connectivity index (χ3n) is 3.31. The highest BCUT2D eigenvalue weighted by Crippen LogP contribution is 2.19. The summed E-state index contributed by atoms with van der Waals surface area (Å²) in [5, 5.41) is 2.75. The maximum Gasteiger partial charge on any atom is 0.232 e. The Bertz CT molecular complexity index is 500. The minimum atomic E-state index is -0.236. The van der Waals surface area contributed by atoms with Crippen LogP contribution in [0.3, 0.4) is 0 Å². The Morgan fingerprint density at radius 1 is 1.16 bits per heavy atom. The Hall–Kier alpha value is -1.90. The summed E-state index contributed by atoms with van der Waals surface area (Å²) in [5.41, 5.74) is 2.70. The molecule has 0 saturated carbocycles. The van der Waals surface area contributed by atoms with E-state index in [-0.39, 0.29) is 18.1 Å². The van der Waals surface area contributed by atoms with Gasteiger partial charge in [0, 0.05) is 5.69 Å². The molecule has 0 radical (unpaired) electrons. The zero-order chi connectivity index (χ0) is 13.7. The van der Waals surface area contributed by atoms with Gasteiger partial charge in [-0.2, -0.15) is 0 Å². The van der Waals surface area contributed by atoms with Crippen molar-refractivity contribution >= 4 is 17.4 Å². The monoisotopic (exact) mass is 257 g/mol. The SMILES string of the molecule is Cc1ccc(NC(=O)CC(=O)C2=CCCCC2)cc1. The van der Waals surface area contributed by atoms with Crippen molar-refractivity contribution in [3.63, 3.8) is 0 Å². The molecular weight excluding hydrogens is 238 g/mol. The van der Waals surface area contributed by atoms with Crippen molar-refractivity contribution in [2.45, 2.75) is 39.0 Å². The predicted molar refractivity (Wildman–Crippen MR) is 76.0 cm³/mol. The van der Waals surface area contributed by atoms with E-state index in [0.29, 0.717) is 0 Å². The lowest BCUT2D eigenvalue weighted by Gasteiger charge is -2.11. The van der Waals surface area contributed by atoms with Gasteiger partial charge in [0.2, 0.25) is 5.91 Å². The van der Waals surface area contributed by atoms with E-state index in [9.17, 15) is 9.59 Å². The van der Waals surface area contributed by atoms with Gasteiger partial charge >= 0.3 is 0 Å². The van der Waals surface area contributed by atoms with E-state index in [1.54, 1.807) is 0 Å². The molecule has 100 valence electrons. The summed E-state index contributed by atoms with van der Waals surface area (Å²) < 4.78 is 0. The molecule has 3 nitrogen and oxygen atoms in total. The third kappa shape index (κ3) is 4.05. The number of amides is 1. The molecule has 0 fully saturated rings. The smallest absolute Gasteiger partial charge is 0.232 e. The third-order valence-corrected chi connectivity index (χ3v) is 3.31. The number of benzene rings is 1. The molecular formula is C16H19NO2. The molecule has 0 atom stereocenters. The van der Waals surface area contributed by atoms with E-state index in [0.717, 1.165) is 42.5 Å². The second kappa shape index (κ2) is 6.32. The van der Waals surface area contributed by atoms with Gasteiger partial charge in [-0.05, 0) is 50.3 Å². The number of aryl methyl sites for hydroxylation is 1. The van der Waals surface area contributed by atoms with Gasteiger partial charge in [-0.1, -0.05) is 23.8 Å². The number of rotatable bonds is 4. The van der Waals surface area contributed by atoms with Crippen molar-refractivity contribution in [3.05, 3.63) is 41.5 Å². The molecule has 3 heteroatoms. The quantitative estimate of drug-likeness (QED) is 0.840. The maximum absolute atomic E-state index is 11.9. The summed E-state index contributed by atoms with van der Waals surface area (Å²) in [6, 6.07) is 7.55. The molecule has 0 aromatic heterocycles. The lowest BCUT2D eigenvalue weighted by Crippen LogP contribution is -2.18. The van der Waals surface area contributed by atoms with Gasteiger partial charge in [-0.3, -0.25) is 9.59 Å². The van der Waals surface area contributed by atoms with Crippen LogP contribution < -0.4 is 5.32 Å². The van der Waals surface area contributed by atoms with Crippen LogP contribution >= 0.6 is 0 Å². The van der Waals surface area contributed by atoms with Gasteiger partial charge < -0.3 is 5.32 Å². The topological polar surface area (TPSA) is 46.2 Å². The van der Waals surface area contributed by atoms with E-state index in [2.05, 4.69) is 5.32 Å². The first-order valence-corrected chi connectivity index (χ1v) is 6.74. The van der Waals surface area contributed by atoms with Crippen molar-refractivity contribution < 1.29 is 9.59 Å². The second-order valence-corrected chi connectivity index (χ2v) is 4.99. The van der Waals surface area contributed by atoms with Crippen molar-refractivity contribution in [2.24, 2.45) is 0 Å². The van der Waals surface area contributed by atoms with Gasteiger partial charge in [0.05, 0.1) is 6.42 Å². The fourth-order valence-corrected chi connectivity index (χ4v) is 2.19. The van der Waals surface area contributed by atoms with E-state index < -0.39 is 0 Å². The largest absolute Gasteiger partial charge is 0.326 e. The standard InChI is InChI=1S/C16H19NO2/c1-12-7-9-14(10-8-12)17-16(19)11-15(18)13-5-3-2-4-6-13/h5,7-10H,2-4,6,11H2,1H3,(H,17,19). The molecule has 0 unspecified atom stereocenters. The van der Waals surface area contributed by atoms with Crippen molar-refractivity contribution in [2.75, 3.05) is 5.32 Å². The first-order valence-electron chi connectivity index (χ1n) is 6.74. The molecule has 2 rings (SSSR count). The molecule has 1 aromatic rings. The molecule has 1 N–H and O–H groups in total. The van der Waals surface area contributed by atoms with Gasteiger partial charge in [0.15, 0.2) is 5.78 Å². The number of Topliss-reactive ketones (excluding diaryl/α,β-unsaturated/α-hetero) is 1. The Morgan fingerprint density at radius 2 is 1.89 bits per heavy atom. The average Bonchev–Trinajstić information content (AvgIpc) is 2.42. The summed E-state index contributed by atoms with van der Waals surface area (Å²) in [6.07, 6.45) is 5.89. The van der Waals surface area contributed by atoms with Crippen LogP contribution in [-0.4, -0.2) is 11.7 Å². The van der Waals surface area contributed by atoms with Crippen LogP contribution in [0.4, 0.5) is 5.69 Å². The van der Waals surface area contributed by atoms with E-state index in [4.69, 9.17) is 0 Å². The predicted octanol–water partition coefficient (Wildman–Crippen LogP) is 3.39. The highest BCUT2D eigenvalue weighted by Gasteiger charge is 2.15. The number of nitrogens with one attached hydrogen (secondary N) is 1. The van der Waals surface area contributed by atoms with Gasteiger partial charge in [-0.15, -0.1) is 0 Å². The van der Waals surface area contributed by atoms with Crippen LogP contribution in [0.1, 0.15) is 37.7 Å². The van der Waals surface area contributed by atoms with Crippen LogP contribution in [0.5, 0.6) is 0 Å². The number of hydrogen-bond donors (Lipinski definition) is 1. The summed E-state index contributed by atoms with van der Waals surface area (Å²) in [4.78, 5) is 23.7. The zero-order valence-corrected chi connectivity index (χ0v) is 11.2. The molecule has 1 aromatic carbocycles. The Kier molecular flexibility index (Phi) is 4.50. The molecule has 0 heterocycles. The van der Waals surface area contributed by atoms with Crippen molar-refractivity contribution in [1.82, 2.24) is 0 Å². The maximum atomic E-state index is 11.9. The number of ketones is 1. The first kappa shape index (κ1) is 13.5. The molecule has 0 saturated heterocycles. The van der Waals surface area contributed by atoms with Crippen LogP contribution in [0, 0.1) is 6.92 Å². The van der Waals surface area contributed by atoms with Gasteiger partial charge in [0.25, 0.3) is 0 Å². The minimum absolute atomic E-state index is 0.0377. The summed E-state index contributed by atoms with van der Waals surface area (Å²) in [6.45, 7) is 1.99. The van der Waals surface area contributed by atoms with Crippen molar-refractivity contribution in [1.29, 1.82) is 0 Å². The van der Waals surface area contributed by atoms with Crippen LogP contribution in [0.2, 0.25) is 0 Å². The fourth-order valence-electron chi connectivity index (χ4n) is 2.19. The number of carbonyl (C=O) groups is 2. The van der Waals surface area contributed by atoms with Crippen molar-refractivity contribution in [3.8, 4) is 0 Å².